The molecule has 0 fully saturated rings. The monoisotopic (exact) mass is 273 g/mol. The van der Waals surface area contributed by atoms with Gasteiger partial charge in [-0.1, -0.05) is 12.1 Å². The van der Waals surface area contributed by atoms with Crippen LogP contribution in [0.25, 0.3) is 0 Å². The predicted octanol–water partition coefficient (Wildman–Crippen LogP) is 3.97. The predicted molar refractivity (Wildman–Crippen MR) is 73.5 cm³/mol. The van der Waals surface area contributed by atoms with Gasteiger partial charge in [0.25, 0.3) is 0 Å². The van der Waals surface area contributed by atoms with Crippen molar-refractivity contribution in [3.63, 3.8) is 0 Å². The summed E-state index contributed by atoms with van der Waals surface area (Å²) in [6.07, 6.45) is 2.82. The first-order chi connectivity index (χ1) is 9.78. The summed E-state index contributed by atoms with van der Waals surface area (Å²) in [6, 6.07) is 11.7. The molecule has 104 valence electrons. The fourth-order valence-corrected chi connectivity index (χ4v) is 2.67. The average molecular weight is 273 g/mol. The Morgan fingerprint density at radius 1 is 1.15 bits per heavy atom. The van der Waals surface area contributed by atoms with Gasteiger partial charge >= 0.3 is 0 Å². The second kappa shape index (κ2) is 5.61. The summed E-state index contributed by atoms with van der Waals surface area (Å²) < 4.78 is 18.8. The summed E-state index contributed by atoms with van der Waals surface area (Å²) in [5.41, 5.74) is 4.53. The molecule has 3 rings (SSSR count). The number of benzene rings is 2. The van der Waals surface area contributed by atoms with Crippen LogP contribution in [0.3, 0.4) is 0 Å². The van der Waals surface area contributed by atoms with Crippen LogP contribution in [-0.2, 0) is 6.42 Å². The summed E-state index contributed by atoms with van der Waals surface area (Å²) in [5.74, 6) is 1.10. The highest BCUT2D eigenvalue weighted by Crippen LogP contribution is 2.36. The highest BCUT2D eigenvalue weighted by atomic mass is 19.1. The first-order valence-corrected chi connectivity index (χ1v) is 6.73. The van der Waals surface area contributed by atoms with Gasteiger partial charge in [-0.3, -0.25) is 0 Å². The van der Waals surface area contributed by atoms with E-state index in [1.54, 1.807) is 12.1 Å². The van der Waals surface area contributed by atoms with Crippen LogP contribution in [0.2, 0.25) is 0 Å². The van der Waals surface area contributed by atoms with E-state index >= 15 is 0 Å². The van der Waals surface area contributed by atoms with Crippen LogP contribution >= 0.6 is 0 Å². The summed E-state index contributed by atoms with van der Waals surface area (Å²) in [4.78, 5) is 0. The third-order valence-electron chi connectivity index (χ3n) is 3.66. The normalized spacial score (nSPS) is 17.6. The molecule has 20 heavy (non-hydrogen) atoms. The summed E-state index contributed by atoms with van der Waals surface area (Å²) in [5, 5.41) is 9.22. The summed E-state index contributed by atoms with van der Waals surface area (Å²) >= 11 is 0. The maximum atomic E-state index is 12.9. The quantitative estimate of drug-likeness (QED) is 0.831. The van der Waals surface area contributed by atoms with Gasteiger partial charge in [0, 0.05) is 0 Å². The second-order valence-corrected chi connectivity index (χ2v) is 4.95. The fraction of sp³-hybridized carbons (Fsp3) is 0.250. The smallest absolute Gasteiger partial charge is 0.130 e. The lowest BCUT2D eigenvalue weighted by Crippen LogP contribution is -2.22. The van der Waals surface area contributed by atoms with Crippen molar-refractivity contribution in [2.75, 3.05) is 0 Å². The van der Waals surface area contributed by atoms with E-state index in [1.807, 2.05) is 18.2 Å². The zero-order valence-electron chi connectivity index (χ0n) is 11.0. The molecule has 1 atom stereocenters. The number of hydrogen-bond donors (Lipinski definition) is 2. The number of fused-ring (bicyclic) bond motifs is 1. The van der Waals surface area contributed by atoms with Crippen LogP contribution in [0.5, 0.6) is 11.5 Å². The van der Waals surface area contributed by atoms with Crippen molar-refractivity contribution >= 4 is 0 Å². The van der Waals surface area contributed by atoms with Gasteiger partial charge in [0.15, 0.2) is 0 Å². The number of hydrogen-bond acceptors (Lipinski definition) is 3. The molecule has 0 bridgehead atoms. The molecule has 0 heterocycles. The zero-order chi connectivity index (χ0) is 13.9. The van der Waals surface area contributed by atoms with Crippen molar-refractivity contribution in [1.82, 2.24) is 5.48 Å². The molecule has 1 aliphatic rings. The topological polar surface area (TPSA) is 41.5 Å². The molecule has 2 aromatic carbocycles. The van der Waals surface area contributed by atoms with E-state index in [0.717, 1.165) is 36.1 Å². The van der Waals surface area contributed by atoms with E-state index in [0.29, 0.717) is 5.75 Å². The van der Waals surface area contributed by atoms with Gasteiger partial charge in [0.1, 0.15) is 17.3 Å². The largest absolute Gasteiger partial charge is 0.457 e. The van der Waals surface area contributed by atoms with Crippen molar-refractivity contribution in [1.29, 1.82) is 0 Å². The Labute approximate surface area is 117 Å². The van der Waals surface area contributed by atoms with Crippen LogP contribution in [0.15, 0.2) is 42.5 Å². The third kappa shape index (κ3) is 2.53. The third-order valence-corrected chi connectivity index (χ3v) is 3.66. The Hall–Kier alpha value is -1.91. The Bertz CT molecular complexity index is 598. The van der Waals surface area contributed by atoms with Gasteiger partial charge in [-0.05, 0) is 60.7 Å². The van der Waals surface area contributed by atoms with E-state index in [-0.39, 0.29) is 11.9 Å². The van der Waals surface area contributed by atoms with Crippen molar-refractivity contribution in [2.45, 2.75) is 25.3 Å². The lowest BCUT2D eigenvalue weighted by atomic mass is 9.87. The van der Waals surface area contributed by atoms with Crippen molar-refractivity contribution in [2.24, 2.45) is 0 Å². The summed E-state index contributed by atoms with van der Waals surface area (Å²) in [6.45, 7) is 0. The highest BCUT2D eigenvalue weighted by Gasteiger charge is 2.22. The molecule has 0 saturated heterocycles. The Morgan fingerprint density at radius 2 is 1.95 bits per heavy atom. The second-order valence-electron chi connectivity index (χ2n) is 4.95. The molecule has 2 N–H and O–H groups in total. The average Bonchev–Trinajstić information content (AvgIpc) is 2.49. The van der Waals surface area contributed by atoms with E-state index < -0.39 is 0 Å². The van der Waals surface area contributed by atoms with Crippen LogP contribution < -0.4 is 10.2 Å². The molecule has 3 nitrogen and oxygen atoms in total. The van der Waals surface area contributed by atoms with E-state index in [9.17, 15) is 9.60 Å². The standard InChI is InChI=1S/C16H16FNO2/c17-11-7-9-12(10-8-11)20-16-6-2-3-13-14(16)4-1-5-15(13)18-19/h2-3,6-10,15,18-19H,1,4-5H2. The number of nitrogens with one attached hydrogen (secondary N) is 1. The van der Waals surface area contributed by atoms with Crippen LogP contribution in [-0.4, -0.2) is 5.21 Å². The molecule has 2 aromatic rings. The minimum absolute atomic E-state index is 0.0458. The number of ether oxygens (including phenoxy) is 1. The maximum absolute atomic E-state index is 12.9. The zero-order valence-corrected chi connectivity index (χ0v) is 11.0. The van der Waals surface area contributed by atoms with Gasteiger partial charge < -0.3 is 9.94 Å². The fourth-order valence-electron chi connectivity index (χ4n) is 2.67. The Morgan fingerprint density at radius 3 is 2.70 bits per heavy atom. The van der Waals surface area contributed by atoms with Gasteiger partial charge in [0.05, 0.1) is 6.04 Å². The molecule has 0 radical (unpaired) electrons. The van der Waals surface area contributed by atoms with Gasteiger partial charge in [-0.25, -0.2) is 4.39 Å². The van der Waals surface area contributed by atoms with Crippen molar-refractivity contribution in [3.8, 4) is 11.5 Å². The highest BCUT2D eigenvalue weighted by molar-refractivity contribution is 5.45. The number of halogens is 1. The molecule has 0 spiro atoms. The minimum Gasteiger partial charge on any atom is -0.457 e. The van der Waals surface area contributed by atoms with Gasteiger partial charge in [-0.15, -0.1) is 0 Å². The Kier molecular flexibility index (Phi) is 3.67. The van der Waals surface area contributed by atoms with Gasteiger partial charge in [0.2, 0.25) is 0 Å². The lowest BCUT2D eigenvalue weighted by Gasteiger charge is -2.26. The van der Waals surface area contributed by atoms with Crippen molar-refractivity contribution < 1.29 is 14.3 Å². The molecule has 1 unspecified atom stereocenters. The van der Waals surface area contributed by atoms with E-state index in [1.165, 1.54) is 12.1 Å². The van der Waals surface area contributed by atoms with E-state index in [2.05, 4.69) is 5.48 Å². The number of hydroxylamine groups is 1. The van der Waals surface area contributed by atoms with Crippen LogP contribution in [0, 0.1) is 5.82 Å². The summed E-state index contributed by atoms with van der Waals surface area (Å²) in [7, 11) is 0. The van der Waals surface area contributed by atoms with E-state index in [4.69, 9.17) is 4.74 Å². The first kappa shape index (κ1) is 13.1. The molecule has 0 amide bonds. The molecule has 0 saturated carbocycles. The lowest BCUT2D eigenvalue weighted by molar-refractivity contribution is 0.117. The molecule has 1 aliphatic carbocycles. The SMILES string of the molecule is ONC1CCCc2c(Oc3ccc(F)cc3)cccc21. The molecular formula is C16H16FNO2. The Balaban J connectivity index is 1.92. The van der Waals surface area contributed by atoms with Crippen molar-refractivity contribution in [3.05, 3.63) is 59.4 Å². The van der Waals surface area contributed by atoms with Crippen LogP contribution in [0.4, 0.5) is 4.39 Å². The first-order valence-electron chi connectivity index (χ1n) is 6.73. The molecular weight excluding hydrogens is 257 g/mol. The maximum Gasteiger partial charge on any atom is 0.130 e. The van der Waals surface area contributed by atoms with Crippen LogP contribution in [0.1, 0.15) is 30.0 Å². The number of rotatable bonds is 3. The molecule has 0 aromatic heterocycles. The molecule has 0 aliphatic heterocycles. The van der Waals surface area contributed by atoms with Gasteiger partial charge in [-0.2, -0.15) is 5.48 Å². The molecule has 4 heteroatoms. The minimum atomic E-state index is -0.281.